The number of carbonyl (C=O) groups is 5. The largest absolute Gasteiger partial charge is 0.467 e. The van der Waals surface area contributed by atoms with Crippen LogP contribution in [0.3, 0.4) is 0 Å². The lowest BCUT2D eigenvalue weighted by molar-refractivity contribution is -0.145. The Bertz CT molecular complexity index is 1480. The minimum atomic E-state index is -1.11. The van der Waals surface area contributed by atoms with Crippen molar-refractivity contribution in [2.24, 2.45) is 0 Å². The highest BCUT2D eigenvalue weighted by atomic mass is 16.6. The lowest BCUT2D eigenvalue weighted by Gasteiger charge is -2.26. The maximum absolute atomic E-state index is 13.9. The van der Waals surface area contributed by atoms with E-state index in [1.54, 1.807) is 20.8 Å². The van der Waals surface area contributed by atoms with Gasteiger partial charge in [0, 0.05) is 19.3 Å². The van der Waals surface area contributed by atoms with Gasteiger partial charge in [0.05, 0.1) is 7.11 Å². The molecule has 0 aliphatic carbocycles. The lowest BCUT2D eigenvalue weighted by Crippen LogP contribution is -2.58. The van der Waals surface area contributed by atoms with Gasteiger partial charge in [-0.2, -0.15) is 0 Å². The number of amides is 4. The maximum atomic E-state index is 13.9. The number of alkyl carbamates (subject to hydrolysis) is 1. The molecule has 250 valence electrons. The van der Waals surface area contributed by atoms with Crippen molar-refractivity contribution in [3.63, 3.8) is 0 Å². The highest BCUT2D eigenvalue weighted by Crippen LogP contribution is 2.10. The SMILES string of the molecule is COC(=O)[C@H](Cc1ccccc1)NC(=O)[C@H](Cc1ccccc1)NC(=O)[C@H](Cc1ccccc1)NC(=O)[C@@H](C)NC(=O)OC(C)(C)C. The van der Waals surface area contributed by atoms with Crippen LogP contribution in [0.15, 0.2) is 91.0 Å². The molecule has 4 amide bonds. The molecular weight excluding hydrogens is 600 g/mol. The smallest absolute Gasteiger partial charge is 0.408 e. The molecule has 0 fully saturated rings. The summed E-state index contributed by atoms with van der Waals surface area (Å²) in [6.07, 6.45) is -0.379. The maximum Gasteiger partial charge on any atom is 0.408 e. The molecule has 3 rings (SSSR count). The van der Waals surface area contributed by atoms with Crippen LogP contribution < -0.4 is 21.3 Å². The number of carbonyl (C=O) groups excluding carboxylic acids is 5. The molecule has 3 aromatic carbocycles. The highest BCUT2D eigenvalue weighted by molar-refractivity contribution is 5.95. The minimum Gasteiger partial charge on any atom is -0.467 e. The van der Waals surface area contributed by atoms with Gasteiger partial charge in [0.25, 0.3) is 0 Å². The number of ether oxygens (including phenoxy) is 2. The molecule has 0 unspecified atom stereocenters. The number of nitrogens with one attached hydrogen (secondary N) is 4. The van der Waals surface area contributed by atoms with E-state index in [0.29, 0.717) is 0 Å². The first kappa shape index (κ1) is 36.3. The van der Waals surface area contributed by atoms with Crippen LogP contribution in [0, 0.1) is 0 Å². The quantitative estimate of drug-likeness (QED) is 0.197. The second-order valence-electron chi connectivity index (χ2n) is 12.1. The molecule has 0 saturated carbocycles. The summed E-state index contributed by atoms with van der Waals surface area (Å²) in [5.74, 6) is -2.48. The molecular formula is C36H44N4O7. The van der Waals surface area contributed by atoms with Crippen molar-refractivity contribution in [1.82, 2.24) is 21.3 Å². The number of hydrogen-bond donors (Lipinski definition) is 4. The molecule has 0 aliphatic heterocycles. The van der Waals surface area contributed by atoms with E-state index in [-0.39, 0.29) is 19.3 Å². The van der Waals surface area contributed by atoms with Gasteiger partial charge in [-0.1, -0.05) is 91.0 Å². The molecule has 0 aromatic heterocycles. The topological polar surface area (TPSA) is 152 Å². The van der Waals surface area contributed by atoms with Gasteiger partial charge in [-0.05, 0) is 44.4 Å². The van der Waals surface area contributed by atoms with Gasteiger partial charge in [0.15, 0.2) is 0 Å². The van der Waals surface area contributed by atoms with Crippen molar-refractivity contribution in [1.29, 1.82) is 0 Å². The van der Waals surface area contributed by atoms with Crippen LogP contribution in [0.1, 0.15) is 44.4 Å². The third-order valence-electron chi connectivity index (χ3n) is 7.04. The third-order valence-corrected chi connectivity index (χ3v) is 7.04. The molecule has 11 heteroatoms. The molecule has 0 aliphatic rings. The van der Waals surface area contributed by atoms with Crippen LogP contribution >= 0.6 is 0 Å². The Kier molecular flexibility index (Phi) is 13.5. The van der Waals surface area contributed by atoms with E-state index in [1.807, 2.05) is 91.0 Å². The van der Waals surface area contributed by atoms with E-state index in [0.717, 1.165) is 16.7 Å². The fourth-order valence-electron chi connectivity index (χ4n) is 4.69. The zero-order valence-corrected chi connectivity index (χ0v) is 27.4. The average Bonchev–Trinajstić information content (AvgIpc) is 3.03. The summed E-state index contributed by atoms with van der Waals surface area (Å²) >= 11 is 0. The second-order valence-corrected chi connectivity index (χ2v) is 12.1. The van der Waals surface area contributed by atoms with Crippen molar-refractivity contribution in [3.05, 3.63) is 108 Å². The molecule has 11 nitrogen and oxygen atoms in total. The molecule has 4 N–H and O–H groups in total. The summed E-state index contributed by atoms with van der Waals surface area (Å²) in [5.41, 5.74) is 1.58. The summed E-state index contributed by atoms with van der Waals surface area (Å²) < 4.78 is 10.2. The standard InChI is InChI=1S/C36H44N4O7/c1-24(37-35(45)47-36(2,3)4)31(41)38-28(21-25-15-9-6-10-16-25)32(42)39-29(22-26-17-11-7-12-18-26)33(43)40-30(34(44)46-5)23-27-19-13-8-14-20-27/h6-20,24,28-30H,21-23H2,1-5H3,(H,37,45)(H,38,41)(H,39,42)(H,40,43)/t24-,28+,29+,30+/m1/s1. The summed E-state index contributed by atoms with van der Waals surface area (Å²) in [6.45, 7) is 6.58. The van der Waals surface area contributed by atoms with Crippen LogP contribution in [0.25, 0.3) is 0 Å². The number of hydrogen-bond acceptors (Lipinski definition) is 7. The normalized spacial score (nSPS) is 13.6. The van der Waals surface area contributed by atoms with Crippen LogP contribution in [-0.4, -0.2) is 66.7 Å². The van der Waals surface area contributed by atoms with Crippen molar-refractivity contribution in [3.8, 4) is 0 Å². The Morgan fingerprint density at radius 2 is 0.936 bits per heavy atom. The number of methoxy groups -OCH3 is 1. The fourth-order valence-corrected chi connectivity index (χ4v) is 4.69. The molecule has 4 atom stereocenters. The number of esters is 1. The lowest BCUT2D eigenvalue weighted by atomic mass is 10.0. The van der Waals surface area contributed by atoms with Crippen molar-refractivity contribution >= 4 is 29.8 Å². The van der Waals surface area contributed by atoms with Gasteiger partial charge >= 0.3 is 12.1 Å². The summed E-state index contributed by atoms with van der Waals surface area (Å²) in [5, 5.41) is 10.7. The first-order valence-corrected chi connectivity index (χ1v) is 15.4. The second kappa shape index (κ2) is 17.5. The average molecular weight is 645 g/mol. The van der Waals surface area contributed by atoms with Crippen molar-refractivity contribution in [2.45, 2.75) is 76.7 Å². The minimum absolute atomic E-state index is 0.107. The third kappa shape index (κ3) is 12.6. The monoisotopic (exact) mass is 644 g/mol. The van der Waals surface area contributed by atoms with Crippen LogP contribution in [0.5, 0.6) is 0 Å². The summed E-state index contributed by atoms with van der Waals surface area (Å²) in [6, 6.07) is 23.1. The Hall–Kier alpha value is -5.19. The molecule has 0 spiro atoms. The summed E-state index contributed by atoms with van der Waals surface area (Å²) in [4.78, 5) is 65.8. The number of rotatable bonds is 14. The van der Waals surface area contributed by atoms with Gasteiger partial charge in [0.1, 0.15) is 29.8 Å². The van der Waals surface area contributed by atoms with Crippen LogP contribution in [-0.2, 0) is 47.9 Å². The van der Waals surface area contributed by atoms with Gasteiger partial charge in [0.2, 0.25) is 17.7 Å². The molecule has 0 saturated heterocycles. The molecule has 0 heterocycles. The first-order valence-electron chi connectivity index (χ1n) is 15.4. The first-order chi connectivity index (χ1) is 22.3. The Balaban J connectivity index is 1.84. The van der Waals surface area contributed by atoms with Gasteiger partial charge in [-0.15, -0.1) is 0 Å². The predicted octanol–water partition coefficient (Wildman–Crippen LogP) is 3.26. The van der Waals surface area contributed by atoms with E-state index in [1.165, 1.54) is 14.0 Å². The predicted molar refractivity (Wildman–Crippen MR) is 177 cm³/mol. The van der Waals surface area contributed by atoms with E-state index < -0.39 is 59.6 Å². The van der Waals surface area contributed by atoms with Crippen molar-refractivity contribution < 1.29 is 33.4 Å². The van der Waals surface area contributed by atoms with E-state index in [4.69, 9.17) is 9.47 Å². The highest BCUT2D eigenvalue weighted by Gasteiger charge is 2.31. The van der Waals surface area contributed by atoms with Crippen LogP contribution in [0.4, 0.5) is 4.79 Å². The Morgan fingerprint density at radius 1 is 0.574 bits per heavy atom. The number of benzene rings is 3. The molecule has 47 heavy (non-hydrogen) atoms. The van der Waals surface area contributed by atoms with Crippen LogP contribution in [0.2, 0.25) is 0 Å². The van der Waals surface area contributed by atoms with E-state index in [9.17, 15) is 24.0 Å². The fraction of sp³-hybridized carbons (Fsp3) is 0.361. The van der Waals surface area contributed by atoms with Gasteiger partial charge in [-0.3, -0.25) is 14.4 Å². The van der Waals surface area contributed by atoms with Gasteiger partial charge < -0.3 is 30.7 Å². The molecule has 0 bridgehead atoms. The summed E-state index contributed by atoms with van der Waals surface area (Å²) in [7, 11) is 1.24. The zero-order chi connectivity index (χ0) is 34.4. The molecule has 0 radical (unpaired) electrons. The van der Waals surface area contributed by atoms with Gasteiger partial charge in [-0.25, -0.2) is 9.59 Å². The van der Waals surface area contributed by atoms with E-state index in [2.05, 4.69) is 21.3 Å². The van der Waals surface area contributed by atoms with Crippen molar-refractivity contribution in [2.75, 3.05) is 7.11 Å². The zero-order valence-electron chi connectivity index (χ0n) is 27.4. The van der Waals surface area contributed by atoms with E-state index >= 15 is 0 Å². The Morgan fingerprint density at radius 3 is 1.32 bits per heavy atom. The molecule has 3 aromatic rings. The Labute approximate surface area is 275 Å².